The summed E-state index contributed by atoms with van der Waals surface area (Å²) in [6.07, 6.45) is 0.0217. The predicted molar refractivity (Wildman–Crippen MR) is 91.3 cm³/mol. The molecule has 0 aliphatic carbocycles. The van der Waals surface area contributed by atoms with Crippen LogP contribution in [0.3, 0.4) is 0 Å². The van der Waals surface area contributed by atoms with Gasteiger partial charge in [0.15, 0.2) is 0 Å². The Balaban J connectivity index is 2.22. The van der Waals surface area contributed by atoms with Crippen molar-refractivity contribution in [3.63, 3.8) is 0 Å². The first-order valence-electron chi connectivity index (χ1n) is 6.98. The van der Waals surface area contributed by atoms with E-state index in [-0.39, 0.29) is 17.4 Å². The third-order valence-corrected chi connectivity index (χ3v) is 3.58. The van der Waals surface area contributed by atoms with Gasteiger partial charge in [-0.3, -0.25) is 4.79 Å². The van der Waals surface area contributed by atoms with Crippen molar-refractivity contribution in [3.05, 3.63) is 58.1 Å². The fourth-order valence-electron chi connectivity index (χ4n) is 1.96. The van der Waals surface area contributed by atoms with Crippen molar-refractivity contribution in [2.45, 2.75) is 20.0 Å². The predicted octanol–water partition coefficient (Wildman–Crippen LogP) is 4.19. The standard InChI is InChI=1S/C17H16BrNO4/c1-10(2)23-15-8-7-11(9-13(15)18)16(20)19-14-6-4-3-5-12(14)17(21)22/h3-10H,1-2H3,(H,19,20)(H,21,22). The number of amides is 1. The minimum atomic E-state index is -1.09. The zero-order valence-corrected chi connectivity index (χ0v) is 14.3. The van der Waals surface area contributed by atoms with Gasteiger partial charge in [0.05, 0.1) is 21.8 Å². The molecular formula is C17H16BrNO4. The molecule has 2 aromatic rings. The second-order valence-electron chi connectivity index (χ2n) is 5.12. The van der Waals surface area contributed by atoms with Gasteiger partial charge in [0.2, 0.25) is 0 Å². The Labute approximate surface area is 142 Å². The van der Waals surface area contributed by atoms with Gasteiger partial charge in [-0.1, -0.05) is 12.1 Å². The van der Waals surface area contributed by atoms with Gasteiger partial charge >= 0.3 is 5.97 Å². The average Bonchev–Trinajstić information content (AvgIpc) is 2.49. The number of benzene rings is 2. The number of hydrogen-bond acceptors (Lipinski definition) is 3. The number of carbonyl (C=O) groups excluding carboxylic acids is 1. The molecular weight excluding hydrogens is 362 g/mol. The number of hydrogen-bond donors (Lipinski definition) is 2. The summed E-state index contributed by atoms with van der Waals surface area (Å²) in [5.41, 5.74) is 0.691. The number of nitrogens with one attached hydrogen (secondary N) is 1. The lowest BCUT2D eigenvalue weighted by Gasteiger charge is -2.13. The summed E-state index contributed by atoms with van der Waals surface area (Å²) in [7, 11) is 0. The second-order valence-corrected chi connectivity index (χ2v) is 5.97. The molecule has 0 heterocycles. The number of carboxylic acid groups (broad SMARTS) is 1. The van der Waals surface area contributed by atoms with Gasteiger partial charge in [-0.15, -0.1) is 0 Å². The zero-order chi connectivity index (χ0) is 17.0. The van der Waals surface area contributed by atoms with Crippen LogP contribution >= 0.6 is 15.9 Å². The second kappa shape index (κ2) is 7.28. The normalized spacial score (nSPS) is 10.4. The van der Waals surface area contributed by atoms with E-state index in [2.05, 4.69) is 21.2 Å². The van der Waals surface area contributed by atoms with Gasteiger partial charge < -0.3 is 15.2 Å². The van der Waals surface area contributed by atoms with E-state index in [9.17, 15) is 9.59 Å². The third kappa shape index (κ3) is 4.32. The molecule has 0 spiro atoms. The van der Waals surface area contributed by atoms with Crippen molar-refractivity contribution in [2.24, 2.45) is 0 Å². The van der Waals surface area contributed by atoms with Crippen molar-refractivity contribution < 1.29 is 19.4 Å². The highest BCUT2D eigenvalue weighted by Crippen LogP contribution is 2.27. The summed E-state index contributed by atoms with van der Waals surface area (Å²) in [6.45, 7) is 3.83. The SMILES string of the molecule is CC(C)Oc1ccc(C(=O)Nc2ccccc2C(=O)O)cc1Br. The first-order valence-corrected chi connectivity index (χ1v) is 7.77. The number of halogens is 1. The largest absolute Gasteiger partial charge is 0.490 e. The first kappa shape index (κ1) is 17.0. The van der Waals surface area contributed by atoms with Crippen LogP contribution in [0.25, 0.3) is 0 Å². The van der Waals surface area contributed by atoms with E-state index in [0.29, 0.717) is 15.8 Å². The van der Waals surface area contributed by atoms with Gasteiger partial charge in [0.25, 0.3) is 5.91 Å². The summed E-state index contributed by atoms with van der Waals surface area (Å²) >= 11 is 3.37. The Morgan fingerprint density at radius 3 is 2.48 bits per heavy atom. The van der Waals surface area contributed by atoms with Gasteiger partial charge in [-0.05, 0) is 60.1 Å². The Kier molecular flexibility index (Phi) is 5.39. The molecule has 1 amide bonds. The molecule has 6 heteroatoms. The van der Waals surface area contributed by atoms with E-state index in [1.165, 1.54) is 6.07 Å². The smallest absolute Gasteiger partial charge is 0.337 e. The Bertz CT molecular complexity index is 743. The molecule has 0 saturated carbocycles. The summed E-state index contributed by atoms with van der Waals surface area (Å²) < 4.78 is 6.25. The number of rotatable bonds is 5. The van der Waals surface area contributed by atoms with Crippen LogP contribution in [0.5, 0.6) is 5.75 Å². The van der Waals surface area contributed by atoms with E-state index in [1.807, 2.05) is 13.8 Å². The van der Waals surface area contributed by atoms with Crippen LogP contribution in [0.4, 0.5) is 5.69 Å². The van der Waals surface area contributed by atoms with Crippen LogP contribution in [-0.2, 0) is 0 Å². The van der Waals surface area contributed by atoms with E-state index in [1.54, 1.807) is 36.4 Å². The number of para-hydroxylation sites is 1. The maximum atomic E-state index is 12.3. The van der Waals surface area contributed by atoms with E-state index >= 15 is 0 Å². The zero-order valence-electron chi connectivity index (χ0n) is 12.7. The monoisotopic (exact) mass is 377 g/mol. The molecule has 0 unspecified atom stereocenters. The van der Waals surface area contributed by atoms with Crippen molar-refractivity contribution in [1.29, 1.82) is 0 Å². The fraction of sp³-hybridized carbons (Fsp3) is 0.176. The summed E-state index contributed by atoms with van der Waals surface area (Å²) in [4.78, 5) is 23.5. The molecule has 0 aliphatic rings. The molecule has 0 aromatic heterocycles. The minimum Gasteiger partial charge on any atom is -0.490 e. The summed E-state index contributed by atoms with van der Waals surface area (Å²) in [6, 6.07) is 11.2. The molecule has 2 rings (SSSR count). The lowest BCUT2D eigenvalue weighted by atomic mass is 10.1. The maximum absolute atomic E-state index is 12.3. The Morgan fingerprint density at radius 1 is 1.17 bits per heavy atom. The summed E-state index contributed by atoms with van der Waals surface area (Å²) in [5.74, 6) is -0.847. The van der Waals surface area contributed by atoms with Crippen LogP contribution in [0, 0.1) is 0 Å². The third-order valence-electron chi connectivity index (χ3n) is 2.96. The number of ether oxygens (including phenoxy) is 1. The highest BCUT2D eigenvalue weighted by molar-refractivity contribution is 9.10. The number of aromatic carboxylic acids is 1. The number of carboxylic acids is 1. The molecule has 0 bridgehead atoms. The van der Waals surface area contributed by atoms with Gasteiger partial charge in [-0.2, -0.15) is 0 Å². The Hall–Kier alpha value is -2.34. The van der Waals surface area contributed by atoms with E-state index in [0.717, 1.165) is 0 Å². The molecule has 0 aliphatic heterocycles. The highest BCUT2D eigenvalue weighted by atomic mass is 79.9. The fourth-order valence-corrected chi connectivity index (χ4v) is 2.44. The molecule has 0 atom stereocenters. The van der Waals surface area contributed by atoms with E-state index < -0.39 is 11.9 Å². The van der Waals surface area contributed by atoms with Gasteiger partial charge in [0, 0.05) is 5.56 Å². The van der Waals surface area contributed by atoms with Crippen LogP contribution in [-0.4, -0.2) is 23.1 Å². The van der Waals surface area contributed by atoms with Gasteiger partial charge in [-0.25, -0.2) is 4.79 Å². The van der Waals surface area contributed by atoms with Crippen molar-refractivity contribution in [1.82, 2.24) is 0 Å². The summed E-state index contributed by atoms with van der Waals surface area (Å²) in [5, 5.41) is 11.8. The molecule has 0 fully saturated rings. The number of carbonyl (C=O) groups is 2. The highest BCUT2D eigenvalue weighted by Gasteiger charge is 2.14. The molecule has 120 valence electrons. The Morgan fingerprint density at radius 2 is 1.87 bits per heavy atom. The maximum Gasteiger partial charge on any atom is 0.337 e. The molecule has 0 radical (unpaired) electrons. The molecule has 0 saturated heterocycles. The molecule has 2 aromatic carbocycles. The molecule has 5 nitrogen and oxygen atoms in total. The van der Waals surface area contributed by atoms with Crippen molar-refractivity contribution in [3.8, 4) is 5.75 Å². The molecule has 2 N–H and O–H groups in total. The average molecular weight is 378 g/mol. The topological polar surface area (TPSA) is 75.6 Å². The van der Waals surface area contributed by atoms with Crippen LogP contribution in [0.1, 0.15) is 34.6 Å². The first-order chi connectivity index (χ1) is 10.9. The lowest BCUT2D eigenvalue weighted by Crippen LogP contribution is -2.15. The number of anilines is 1. The van der Waals surface area contributed by atoms with Gasteiger partial charge in [0.1, 0.15) is 5.75 Å². The van der Waals surface area contributed by atoms with E-state index in [4.69, 9.17) is 9.84 Å². The van der Waals surface area contributed by atoms with Crippen LogP contribution < -0.4 is 10.1 Å². The van der Waals surface area contributed by atoms with Crippen molar-refractivity contribution in [2.75, 3.05) is 5.32 Å². The van der Waals surface area contributed by atoms with Crippen LogP contribution in [0.15, 0.2) is 46.9 Å². The molecule has 23 heavy (non-hydrogen) atoms. The van der Waals surface area contributed by atoms with Crippen LogP contribution in [0.2, 0.25) is 0 Å². The minimum absolute atomic E-state index is 0.0217. The van der Waals surface area contributed by atoms with Crippen molar-refractivity contribution >= 4 is 33.5 Å². The quantitative estimate of drug-likeness (QED) is 0.818. The lowest BCUT2D eigenvalue weighted by molar-refractivity contribution is 0.0698.